The van der Waals surface area contributed by atoms with E-state index in [0.29, 0.717) is 86.6 Å². The van der Waals surface area contributed by atoms with E-state index in [1.165, 1.54) is 50.1 Å². The second-order valence-corrected chi connectivity index (χ2v) is 38.2. The molecule has 0 spiro atoms. The van der Waals surface area contributed by atoms with Crippen LogP contribution in [0.15, 0.2) is 107 Å². The summed E-state index contributed by atoms with van der Waals surface area (Å²) in [5.41, 5.74) is 1.17. The Morgan fingerprint density at radius 2 is 0.659 bits per heavy atom. The van der Waals surface area contributed by atoms with E-state index in [0.717, 1.165) is 0 Å². The monoisotopic (exact) mass is 2110 g/mol. The average Bonchev–Trinajstić information content (AvgIpc) is 0.726. The van der Waals surface area contributed by atoms with Crippen molar-refractivity contribution in [2.45, 2.75) is 119 Å². The van der Waals surface area contributed by atoms with E-state index < -0.39 is 108 Å². The number of rotatable bonds is 15. The topological polar surface area (TPSA) is 346 Å². The Bertz CT molecular complexity index is 6790. The minimum Gasteiger partial charge on any atom is -0.506 e. The number of aromatic hydroxyl groups is 3. The minimum atomic E-state index is -1.12. The minimum absolute atomic E-state index is 0.00893. The van der Waals surface area contributed by atoms with Crippen LogP contribution in [0.1, 0.15) is 131 Å². The number of nitriles is 3. The number of phenols is 3. The lowest BCUT2D eigenvalue weighted by Crippen LogP contribution is -2.54. The van der Waals surface area contributed by atoms with Crippen LogP contribution >= 0.6 is 139 Å². The molecular formula is C96H81Cl12F3N18O9. The van der Waals surface area contributed by atoms with Crippen LogP contribution in [0.2, 0.25) is 60.3 Å². The van der Waals surface area contributed by atoms with Crippen LogP contribution < -0.4 is 31.4 Å². The number of benzene rings is 3. The fourth-order valence-corrected chi connectivity index (χ4v) is 20.0. The molecule has 15 rings (SSSR count). The molecule has 138 heavy (non-hydrogen) atoms. The summed E-state index contributed by atoms with van der Waals surface area (Å²) in [6.45, 7) is 35.7. The maximum atomic E-state index is 15.7. The number of piperazine rings is 3. The highest BCUT2D eigenvalue weighted by Gasteiger charge is 2.40. The van der Waals surface area contributed by atoms with Gasteiger partial charge in [-0.05, 0) is 131 Å². The van der Waals surface area contributed by atoms with Gasteiger partial charge >= 0.3 is 0 Å². The van der Waals surface area contributed by atoms with Crippen molar-refractivity contribution in [3.63, 3.8) is 0 Å². The van der Waals surface area contributed by atoms with Crippen LogP contribution in [-0.2, 0) is 14.4 Å². The van der Waals surface area contributed by atoms with Gasteiger partial charge in [0.2, 0.25) is 17.7 Å². The Kier molecular flexibility index (Phi) is 31.1. The number of pyridine rings is 9. The Balaban J connectivity index is 0.000000175. The molecule has 0 radical (unpaired) electrons. The van der Waals surface area contributed by atoms with Gasteiger partial charge in [0.05, 0.1) is 130 Å². The van der Waals surface area contributed by atoms with Crippen molar-refractivity contribution in [1.29, 1.82) is 15.8 Å². The van der Waals surface area contributed by atoms with E-state index in [1.54, 1.807) is 72.3 Å². The van der Waals surface area contributed by atoms with Crippen molar-refractivity contribution in [2.75, 3.05) is 73.6 Å². The van der Waals surface area contributed by atoms with Gasteiger partial charge in [-0.1, -0.05) is 200 Å². The Morgan fingerprint density at radius 1 is 0.399 bits per heavy atom. The molecule has 3 amide bonds. The number of aromatic nitrogens is 9. The molecule has 12 heterocycles. The molecular weight excluding hydrogens is 2030 g/mol. The Labute approximate surface area is 848 Å². The number of phenolic OH excluding ortho intramolecular Hbond substituents is 3. The van der Waals surface area contributed by atoms with E-state index >= 15 is 8.78 Å². The van der Waals surface area contributed by atoms with Crippen LogP contribution in [0.3, 0.4) is 0 Å². The zero-order chi connectivity index (χ0) is 101. The van der Waals surface area contributed by atoms with E-state index in [4.69, 9.17) is 154 Å². The van der Waals surface area contributed by atoms with E-state index in [9.17, 15) is 64.3 Å². The number of nitrogens with zero attached hydrogens (tertiary/aromatic N) is 18. The number of anilines is 3. The first-order valence-electron chi connectivity index (χ1n) is 42.4. The first-order chi connectivity index (χ1) is 65.2. The number of fused-ring (bicyclic) bond motifs is 3. The predicted octanol–water partition coefficient (Wildman–Crippen LogP) is 22.3. The number of carbonyl (C=O) groups is 3. The van der Waals surface area contributed by atoms with Crippen LogP contribution in [0.4, 0.5) is 30.2 Å². The van der Waals surface area contributed by atoms with Gasteiger partial charge in [-0.25, -0.2) is 28.1 Å². The van der Waals surface area contributed by atoms with Crippen molar-refractivity contribution in [3.05, 3.63) is 252 Å². The molecule has 0 unspecified atom stereocenters. The number of hydrogen-bond acceptors (Lipinski definition) is 21. The molecule has 0 aliphatic carbocycles. The second kappa shape index (κ2) is 41.4. The lowest BCUT2D eigenvalue weighted by molar-refractivity contribution is -0.129. The molecule has 3 aromatic carbocycles. The molecule has 27 nitrogen and oxygen atoms in total. The zero-order valence-electron chi connectivity index (χ0n) is 75.4. The third-order valence-electron chi connectivity index (χ3n) is 24.0. The number of aryl methyl sites for hydroxylation is 3. The molecule has 3 atom stereocenters. The van der Waals surface area contributed by atoms with Gasteiger partial charge in [0, 0.05) is 112 Å². The number of hydrogen-bond donors (Lipinski definition) is 3. The number of amides is 3. The third kappa shape index (κ3) is 18.3. The van der Waals surface area contributed by atoms with Gasteiger partial charge in [0.15, 0.2) is 17.5 Å². The van der Waals surface area contributed by atoms with Gasteiger partial charge < -0.3 is 44.7 Å². The number of carbonyl (C=O) groups excluding carboxylic acids is 3. The zero-order valence-corrected chi connectivity index (χ0v) is 84.5. The van der Waals surface area contributed by atoms with Crippen LogP contribution in [0.5, 0.6) is 17.2 Å². The Morgan fingerprint density at radius 3 is 0.913 bits per heavy atom. The summed E-state index contributed by atoms with van der Waals surface area (Å²) in [5.74, 6) is -6.77. The molecule has 9 aromatic heterocycles. The van der Waals surface area contributed by atoms with Gasteiger partial charge in [-0.2, -0.15) is 15.8 Å². The highest BCUT2D eigenvalue weighted by molar-refractivity contribution is 6.51. The van der Waals surface area contributed by atoms with Crippen LogP contribution in [0, 0.1) is 72.2 Å². The summed E-state index contributed by atoms with van der Waals surface area (Å²) in [7, 11) is 0. The van der Waals surface area contributed by atoms with Gasteiger partial charge in [-0.3, -0.25) is 57.4 Å². The third-order valence-corrected chi connectivity index (χ3v) is 28.6. The van der Waals surface area contributed by atoms with Crippen molar-refractivity contribution in [2.24, 2.45) is 0 Å². The summed E-state index contributed by atoms with van der Waals surface area (Å²) in [6, 6.07) is 14.9. The van der Waals surface area contributed by atoms with E-state index in [2.05, 4.69) is 52.9 Å². The molecule has 3 fully saturated rings. The molecule has 3 N–H and O–H groups in total. The van der Waals surface area contributed by atoms with E-state index in [-0.39, 0.29) is 181 Å². The number of halogens is 15. The molecule has 3 aliphatic rings. The standard InChI is InChI=1S/3C32H27Cl4FN6O3/c2*1-6-20(44)42-10-9-41(13-16(42)5)29-17-11-19(33)27(21-25(37)23(35)22(34)24(36)30(21)45)40-31(17)43(32(46)18(29)12-38)28-15(4)7-8-39-26(28)14(2)3;1-6-20(44)42-10-9-41(13-16(42)5)29-17-11-19(33)27(21-22(34)23(35)25(37)24(36)30(21)45)40-31(17)43(32(46)18(29)12-38)28-15(4)7-8-39-26(28)14(2)3/h3*6-8,11,14,16,45H,1,9-10,13H2,2-5H3/t3*16-/m111/s1. The smallest absolute Gasteiger partial charge is 0.276 e. The molecule has 3 saturated heterocycles. The summed E-state index contributed by atoms with van der Waals surface area (Å²) < 4.78 is 49.8. The van der Waals surface area contributed by atoms with Crippen molar-refractivity contribution < 1.29 is 42.9 Å². The van der Waals surface area contributed by atoms with Crippen molar-refractivity contribution in [3.8, 4) is 86.3 Å². The van der Waals surface area contributed by atoms with Crippen molar-refractivity contribution >= 4 is 207 Å². The summed E-state index contributed by atoms with van der Waals surface area (Å²) in [4.78, 5) is 119. The van der Waals surface area contributed by atoms with Crippen molar-refractivity contribution in [1.82, 2.24) is 58.3 Å². The first-order valence-corrected chi connectivity index (χ1v) is 46.9. The van der Waals surface area contributed by atoms with Gasteiger partial charge in [-0.15, -0.1) is 0 Å². The predicted molar refractivity (Wildman–Crippen MR) is 538 cm³/mol. The highest BCUT2D eigenvalue weighted by Crippen LogP contribution is 2.54. The second-order valence-electron chi connectivity index (χ2n) is 33.6. The largest absolute Gasteiger partial charge is 0.506 e. The first kappa shape index (κ1) is 104. The molecule has 714 valence electrons. The van der Waals surface area contributed by atoms with E-state index in [1.807, 2.05) is 77.0 Å². The molecule has 42 heteroatoms. The summed E-state index contributed by atoms with van der Waals surface area (Å²) in [5, 5.41) is 60.3. The summed E-state index contributed by atoms with van der Waals surface area (Å²) >= 11 is 75.6. The maximum absolute atomic E-state index is 15.7. The highest BCUT2D eigenvalue weighted by atomic mass is 35.5. The molecule has 0 bridgehead atoms. The quantitative estimate of drug-likeness (QED) is 0.0487. The average molecular weight is 2110 g/mol. The molecule has 12 aromatic rings. The fourth-order valence-electron chi connectivity index (χ4n) is 17.4. The normalized spacial score (nSPS) is 15.0. The fraction of sp³-hybridized carbons (Fsp3) is 0.281. The van der Waals surface area contributed by atoms with Gasteiger partial charge in [0.1, 0.15) is 84.2 Å². The van der Waals surface area contributed by atoms with Gasteiger partial charge in [0.25, 0.3) is 16.7 Å². The lowest BCUT2D eigenvalue weighted by atomic mass is 10.0. The Hall–Kier alpha value is -11.6. The molecule has 0 saturated carbocycles. The van der Waals surface area contributed by atoms with Crippen LogP contribution in [0.25, 0.3) is 83.9 Å². The van der Waals surface area contributed by atoms with Crippen LogP contribution in [-0.4, -0.2) is 168 Å². The molecule has 3 aliphatic heterocycles. The SMILES string of the molecule is C=CC(=O)N1CCN(c2c(C#N)c(=O)n(-c3c(C)ccnc3C(C)C)c3nc(-c4c(O)c(Cl)c(Cl)c(Cl)c4F)c(Cl)cc23)C[C@H]1C.C=CC(=O)N1CCN(c2c(C#N)c(=O)n(-c3c(C)ccnc3C(C)C)c3nc(-c4c(O)c(Cl)c(Cl)c(Cl)c4F)c(Cl)cc23)C[C@H]1C.C=CC(=O)N1CCN(c2c(C#N)c(=O)n(-c3c(C)ccnc3C(C)C)c3nc(-c4c(O)c(Cl)c(F)c(Cl)c4Cl)c(Cl)cc23)C[C@H]1C. The lowest BCUT2D eigenvalue weighted by Gasteiger charge is -2.41. The summed E-state index contributed by atoms with van der Waals surface area (Å²) in [6.07, 6.45) is 8.58. The maximum Gasteiger partial charge on any atom is 0.276 e.